The first-order chi connectivity index (χ1) is 9.70. The number of nitrogens with zero attached hydrogens (tertiary/aromatic N) is 3. The summed E-state index contributed by atoms with van der Waals surface area (Å²) >= 11 is 0. The molecule has 1 aromatic heterocycles. The minimum atomic E-state index is 0.426. The Bertz CT molecular complexity index is 624. The summed E-state index contributed by atoms with van der Waals surface area (Å²) in [6.07, 6.45) is 2.96. The third-order valence-corrected chi connectivity index (χ3v) is 3.72. The van der Waals surface area contributed by atoms with Gasteiger partial charge in [0.2, 0.25) is 5.95 Å². The van der Waals surface area contributed by atoms with Crippen LogP contribution in [0.25, 0.3) is 0 Å². The van der Waals surface area contributed by atoms with Crippen LogP contribution < -0.4 is 10.2 Å². The first-order valence-corrected chi connectivity index (χ1v) is 7.15. The monoisotopic (exact) mass is 268 g/mol. The van der Waals surface area contributed by atoms with Crippen molar-refractivity contribution in [3.05, 3.63) is 41.6 Å². The molecule has 20 heavy (non-hydrogen) atoms. The van der Waals surface area contributed by atoms with Gasteiger partial charge in [-0.3, -0.25) is 0 Å². The van der Waals surface area contributed by atoms with Crippen molar-refractivity contribution >= 4 is 17.5 Å². The molecular weight excluding hydrogens is 248 g/mol. The number of fused-ring (bicyclic) bond motifs is 1. The van der Waals surface area contributed by atoms with E-state index in [4.69, 9.17) is 4.98 Å². The third kappa shape index (κ3) is 2.11. The van der Waals surface area contributed by atoms with Crippen molar-refractivity contribution in [1.82, 2.24) is 9.97 Å². The Morgan fingerprint density at radius 1 is 1.35 bits per heavy atom. The number of para-hydroxylation sites is 1. The van der Waals surface area contributed by atoms with Crippen LogP contribution in [0.3, 0.4) is 0 Å². The summed E-state index contributed by atoms with van der Waals surface area (Å²) in [7, 11) is 0. The summed E-state index contributed by atoms with van der Waals surface area (Å²) in [5.41, 5.74) is 3.77. The van der Waals surface area contributed by atoms with Gasteiger partial charge in [-0.2, -0.15) is 4.98 Å². The van der Waals surface area contributed by atoms with Crippen molar-refractivity contribution in [1.29, 1.82) is 0 Å². The molecule has 1 aliphatic rings. The molecule has 3 rings (SSSR count). The number of hydrogen-bond acceptors (Lipinski definition) is 4. The van der Waals surface area contributed by atoms with Gasteiger partial charge in [-0.15, -0.1) is 0 Å². The summed E-state index contributed by atoms with van der Waals surface area (Å²) in [6.45, 7) is 7.19. The number of rotatable bonds is 3. The second-order valence-electron chi connectivity index (χ2n) is 5.28. The molecular formula is C16H20N4. The Kier molecular flexibility index (Phi) is 3.30. The molecule has 2 aromatic rings. The molecule has 0 bridgehead atoms. The Balaban J connectivity index is 2.06. The van der Waals surface area contributed by atoms with Gasteiger partial charge in [0.1, 0.15) is 5.82 Å². The lowest BCUT2D eigenvalue weighted by molar-refractivity contribution is 0.747. The standard InChI is InChI=1S/C16H20N4/c1-4-17-16-18-10-11(2)15(19-16)20-12(3)9-13-7-5-6-8-14(13)20/h5-8,10,12H,4,9H2,1-3H3,(H,17,18,19). The lowest BCUT2D eigenvalue weighted by Gasteiger charge is -2.25. The molecule has 1 unspecified atom stereocenters. The molecule has 4 nitrogen and oxygen atoms in total. The fraction of sp³-hybridized carbons (Fsp3) is 0.375. The molecule has 0 spiro atoms. The van der Waals surface area contributed by atoms with Gasteiger partial charge in [-0.25, -0.2) is 4.98 Å². The maximum atomic E-state index is 4.70. The Hall–Kier alpha value is -2.10. The van der Waals surface area contributed by atoms with Gasteiger partial charge in [-0.05, 0) is 38.8 Å². The molecule has 4 heteroatoms. The van der Waals surface area contributed by atoms with Gasteiger partial charge in [0.15, 0.2) is 0 Å². The molecule has 0 saturated heterocycles. The van der Waals surface area contributed by atoms with E-state index in [2.05, 4.69) is 60.2 Å². The van der Waals surface area contributed by atoms with Crippen molar-refractivity contribution in [3.63, 3.8) is 0 Å². The normalized spacial score (nSPS) is 17.1. The van der Waals surface area contributed by atoms with Crippen molar-refractivity contribution < 1.29 is 0 Å². The van der Waals surface area contributed by atoms with Crippen LogP contribution in [-0.4, -0.2) is 22.6 Å². The number of aromatic nitrogens is 2. The van der Waals surface area contributed by atoms with Crippen molar-refractivity contribution in [3.8, 4) is 0 Å². The first-order valence-electron chi connectivity index (χ1n) is 7.15. The fourth-order valence-corrected chi connectivity index (χ4v) is 2.81. The van der Waals surface area contributed by atoms with Gasteiger partial charge in [-0.1, -0.05) is 18.2 Å². The van der Waals surface area contributed by atoms with Gasteiger partial charge < -0.3 is 10.2 Å². The number of benzene rings is 1. The van der Waals surface area contributed by atoms with Crippen LogP contribution in [0.15, 0.2) is 30.5 Å². The van der Waals surface area contributed by atoms with E-state index in [0.29, 0.717) is 12.0 Å². The van der Waals surface area contributed by atoms with Crippen LogP contribution in [0.1, 0.15) is 25.0 Å². The van der Waals surface area contributed by atoms with E-state index in [1.54, 1.807) is 0 Å². The smallest absolute Gasteiger partial charge is 0.224 e. The zero-order valence-corrected chi connectivity index (χ0v) is 12.2. The van der Waals surface area contributed by atoms with E-state index in [9.17, 15) is 0 Å². The average Bonchev–Trinajstić information content (AvgIpc) is 2.77. The quantitative estimate of drug-likeness (QED) is 0.927. The highest BCUT2D eigenvalue weighted by Crippen LogP contribution is 2.38. The second kappa shape index (κ2) is 5.12. The van der Waals surface area contributed by atoms with E-state index in [-0.39, 0.29) is 0 Å². The molecule has 2 heterocycles. The Morgan fingerprint density at radius 2 is 2.15 bits per heavy atom. The molecule has 0 saturated carbocycles. The first kappa shape index (κ1) is 12.9. The molecule has 0 amide bonds. The molecule has 0 fully saturated rings. The van der Waals surface area contributed by atoms with Gasteiger partial charge >= 0.3 is 0 Å². The Labute approximate surface area is 119 Å². The molecule has 1 aliphatic heterocycles. The maximum Gasteiger partial charge on any atom is 0.224 e. The fourth-order valence-electron chi connectivity index (χ4n) is 2.81. The second-order valence-corrected chi connectivity index (χ2v) is 5.28. The summed E-state index contributed by atoms with van der Waals surface area (Å²) < 4.78 is 0. The van der Waals surface area contributed by atoms with E-state index in [1.807, 2.05) is 6.20 Å². The number of aryl methyl sites for hydroxylation is 1. The van der Waals surface area contributed by atoms with Gasteiger partial charge in [0.05, 0.1) is 0 Å². The number of anilines is 3. The van der Waals surface area contributed by atoms with Crippen molar-refractivity contribution in [2.75, 3.05) is 16.8 Å². The topological polar surface area (TPSA) is 41.1 Å². The van der Waals surface area contributed by atoms with E-state index in [0.717, 1.165) is 24.3 Å². The number of hydrogen-bond donors (Lipinski definition) is 1. The highest BCUT2D eigenvalue weighted by molar-refractivity contribution is 5.70. The zero-order valence-electron chi connectivity index (χ0n) is 12.2. The highest BCUT2D eigenvalue weighted by atomic mass is 15.3. The van der Waals surface area contributed by atoms with E-state index >= 15 is 0 Å². The van der Waals surface area contributed by atoms with Crippen LogP contribution in [0.2, 0.25) is 0 Å². The van der Waals surface area contributed by atoms with Crippen LogP contribution in [0.4, 0.5) is 17.5 Å². The summed E-state index contributed by atoms with van der Waals surface area (Å²) in [6, 6.07) is 8.99. The molecule has 1 aromatic carbocycles. The minimum absolute atomic E-state index is 0.426. The van der Waals surface area contributed by atoms with Crippen molar-refractivity contribution in [2.24, 2.45) is 0 Å². The predicted molar refractivity (Wildman–Crippen MR) is 82.7 cm³/mol. The van der Waals surface area contributed by atoms with Crippen LogP contribution in [-0.2, 0) is 6.42 Å². The largest absolute Gasteiger partial charge is 0.354 e. The molecule has 0 radical (unpaired) electrons. The van der Waals surface area contributed by atoms with Gasteiger partial charge in [0, 0.05) is 30.0 Å². The van der Waals surface area contributed by atoms with Crippen LogP contribution in [0, 0.1) is 6.92 Å². The van der Waals surface area contributed by atoms with E-state index < -0.39 is 0 Å². The summed E-state index contributed by atoms with van der Waals surface area (Å²) in [5.74, 6) is 1.71. The summed E-state index contributed by atoms with van der Waals surface area (Å²) in [4.78, 5) is 11.4. The third-order valence-electron chi connectivity index (χ3n) is 3.72. The number of nitrogens with one attached hydrogen (secondary N) is 1. The maximum absolute atomic E-state index is 4.70. The SMILES string of the molecule is CCNc1ncc(C)c(N2c3ccccc3CC2C)n1. The lowest BCUT2D eigenvalue weighted by Crippen LogP contribution is -2.26. The lowest BCUT2D eigenvalue weighted by atomic mass is 10.1. The van der Waals surface area contributed by atoms with Crippen LogP contribution >= 0.6 is 0 Å². The molecule has 0 aliphatic carbocycles. The Morgan fingerprint density at radius 3 is 2.95 bits per heavy atom. The zero-order chi connectivity index (χ0) is 14.1. The molecule has 1 N–H and O–H groups in total. The predicted octanol–water partition coefficient (Wildman–Crippen LogP) is 3.30. The van der Waals surface area contributed by atoms with Gasteiger partial charge in [0.25, 0.3) is 0 Å². The van der Waals surface area contributed by atoms with Crippen molar-refractivity contribution in [2.45, 2.75) is 33.2 Å². The average molecular weight is 268 g/mol. The molecule has 104 valence electrons. The molecule has 1 atom stereocenters. The minimum Gasteiger partial charge on any atom is -0.354 e. The highest BCUT2D eigenvalue weighted by Gasteiger charge is 2.28. The van der Waals surface area contributed by atoms with E-state index in [1.165, 1.54) is 11.3 Å². The van der Waals surface area contributed by atoms with Crippen LogP contribution in [0.5, 0.6) is 0 Å². The summed E-state index contributed by atoms with van der Waals surface area (Å²) in [5, 5.41) is 3.19.